The van der Waals surface area contributed by atoms with Crippen molar-refractivity contribution in [3.8, 4) is 0 Å². The Morgan fingerprint density at radius 1 is 1.38 bits per heavy atom. The molecule has 0 unspecified atom stereocenters. The zero-order chi connectivity index (χ0) is 17.0. The quantitative estimate of drug-likeness (QED) is 0.749. The van der Waals surface area contributed by atoms with Gasteiger partial charge >= 0.3 is 5.97 Å². The minimum Gasteiger partial charge on any atom is -0.478 e. The molecule has 7 heteroatoms. The number of likely N-dealkylation sites (N-methyl/N-ethyl adjacent to an activating group) is 1. The Bertz CT molecular complexity index is 1030. The first kappa shape index (κ1) is 14.9. The molecule has 0 amide bonds. The van der Waals surface area contributed by atoms with Crippen molar-refractivity contribution in [2.45, 2.75) is 19.4 Å². The lowest BCUT2D eigenvalue weighted by Gasteiger charge is -2.14. The van der Waals surface area contributed by atoms with Crippen LogP contribution in [0.4, 0.5) is 0 Å². The summed E-state index contributed by atoms with van der Waals surface area (Å²) in [5.41, 5.74) is 2.03. The van der Waals surface area contributed by atoms with Gasteiger partial charge in [-0.15, -0.1) is 0 Å². The second-order valence-electron chi connectivity index (χ2n) is 6.53. The molecule has 3 aromatic rings. The fourth-order valence-electron chi connectivity index (χ4n) is 3.61. The van der Waals surface area contributed by atoms with E-state index in [-0.39, 0.29) is 17.2 Å². The van der Waals surface area contributed by atoms with E-state index in [9.17, 15) is 14.7 Å². The number of likely N-dealkylation sites (tertiary alicyclic amines) is 1. The van der Waals surface area contributed by atoms with Crippen LogP contribution >= 0.6 is 0 Å². The molecule has 3 heterocycles. The third-order valence-electron chi connectivity index (χ3n) is 4.85. The van der Waals surface area contributed by atoms with Crippen molar-refractivity contribution in [1.29, 1.82) is 0 Å². The van der Waals surface area contributed by atoms with Crippen molar-refractivity contribution in [2.24, 2.45) is 0 Å². The third kappa shape index (κ3) is 2.12. The van der Waals surface area contributed by atoms with Crippen molar-refractivity contribution >= 4 is 27.8 Å². The van der Waals surface area contributed by atoms with E-state index in [1.54, 1.807) is 25.3 Å². The van der Waals surface area contributed by atoms with E-state index in [0.29, 0.717) is 16.5 Å². The molecule has 1 aliphatic heterocycles. The van der Waals surface area contributed by atoms with E-state index in [1.807, 2.05) is 4.68 Å². The number of aromatic carboxylic acids is 1. The maximum absolute atomic E-state index is 12.4. The number of aromatic amines is 1. The fourth-order valence-corrected chi connectivity index (χ4v) is 3.61. The van der Waals surface area contributed by atoms with Gasteiger partial charge in [0, 0.05) is 11.9 Å². The average molecular weight is 326 g/mol. The molecule has 0 radical (unpaired) electrons. The summed E-state index contributed by atoms with van der Waals surface area (Å²) < 4.78 is 1.89. The number of benzene rings is 1. The van der Waals surface area contributed by atoms with E-state index in [2.05, 4.69) is 22.0 Å². The van der Waals surface area contributed by atoms with E-state index in [4.69, 9.17) is 0 Å². The summed E-state index contributed by atoms with van der Waals surface area (Å²) in [7, 11) is 2.06. The number of hydrogen-bond donors (Lipinski definition) is 2. The number of carbonyl (C=O) groups is 1. The van der Waals surface area contributed by atoms with Gasteiger partial charge in [0.05, 0.1) is 34.2 Å². The first-order chi connectivity index (χ1) is 11.5. The van der Waals surface area contributed by atoms with Gasteiger partial charge in [-0.25, -0.2) is 4.79 Å². The Morgan fingerprint density at radius 3 is 2.83 bits per heavy atom. The van der Waals surface area contributed by atoms with Gasteiger partial charge in [-0.2, -0.15) is 5.10 Å². The molecule has 1 saturated heterocycles. The minimum atomic E-state index is -0.972. The predicted octanol–water partition coefficient (Wildman–Crippen LogP) is 1.76. The monoisotopic (exact) mass is 326 g/mol. The highest BCUT2D eigenvalue weighted by atomic mass is 16.4. The van der Waals surface area contributed by atoms with E-state index >= 15 is 0 Å². The molecular weight excluding hydrogens is 308 g/mol. The van der Waals surface area contributed by atoms with Crippen molar-refractivity contribution in [2.75, 3.05) is 20.1 Å². The second-order valence-corrected chi connectivity index (χ2v) is 6.53. The van der Waals surface area contributed by atoms with Crippen LogP contribution in [0.3, 0.4) is 0 Å². The van der Waals surface area contributed by atoms with Gasteiger partial charge in [-0.05, 0) is 44.6 Å². The van der Waals surface area contributed by atoms with E-state index < -0.39 is 5.97 Å². The van der Waals surface area contributed by atoms with Crippen LogP contribution in [0.15, 0.2) is 23.1 Å². The summed E-state index contributed by atoms with van der Waals surface area (Å²) in [5.74, 6) is -0.972. The zero-order valence-corrected chi connectivity index (χ0v) is 13.5. The van der Waals surface area contributed by atoms with Gasteiger partial charge in [-0.1, -0.05) is 0 Å². The molecule has 124 valence electrons. The van der Waals surface area contributed by atoms with E-state index in [0.717, 1.165) is 30.4 Å². The number of carboxylic acids is 1. The van der Waals surface area contributed by atoms with Gasteiger partial charge in [0.15, 0.2) is 0 Å². The molecule has 0 aliphatic carbocycles. The number of H-pyrrole nitrogens is 1. The largest absolute Gasteiger partial charge is 0.478 e. The molecule has 1 aromatic carbocycles. The Balaban J connectivity index is 2.07. The van der Waals surface area contributed by atoms with Crippen molar-refractivity contribution < 1.29 is 9.90 Å². The first-order valence-electron chi connectivity index (χ1n) is 7.91. The molecule has 0 spiro atoms. The fraction of sp³-hybridized carbons (Fsp3) is 0.353. The Kier molecular flexibility index (Phi) is 3.21. The number of aromatic nitrogens is 3. The number of pyridine rings is 1. The highest BCUT2D eigenvalue weighted by molar-refractivity contribution is 6.06. The number of rotatable bonds is 2. The molecule has 0 saturated carbocycles. The second kappa shape index (κ2) is 5.17. The standard InChI is InChI=1S/C17H18N4O3/c1-9-5-14-12(6-11(9)17(23)24)15-13(16(22)19-14)7-18-21(15)10-3-4-20(2)8-10/h5-7,10H,3-4,8H2,1-2H3,(H,19,22)(H,23,24)/t10-/m0/s1. The zero-order valence-electron chi connectivity index (χ0n) is 13.5. The number of hydrogen-bond acceptors (Lipinski definition) is 4. The smallest absolute Gasteiger partial charge is 0.335 e. The topological polar surface area (TPSA) is 91.2 Å². The summed E-state index contributed by atoms with van der Waals surface area (Å²) in [4.78, 5) is 28.9. The van der Waals surface area contributed by atoms with Crippen molar-refractivity contribution in [3.05, 3.63) is 39.8 Å². The minimum absolute atomic E-state index is 0.187. The highest BCUT2D eigenvalue weighted by Gasteiger charge is 2.25. The molecular formula is C17H18N4O3. The summed E-state index contributed by atoms with van der Waals surface area (Å²) in [5, 5.41) is 15.1. The van der Waals surface area contributed by atoms with Crippen LogP contribution in [0.1, 0.15) is 28.4 Å². The summed E-state index contributed by atoms with van der Waals surface area (Å²) in [6.07, 6.45) is 2.53. The number of aryl methyl sites for hydroxylation is 1. The maximum Gasteiger partial charge on any atom is 0.335 e. The van der Waals surface area contributed by atoms with Gasteiger partial charge in [0.2, 0.25) is 0 Å². The van der Waals surface area contributed by atoms with Crippen LogP contribution in [0.2, 0.25) is 0 Å². The lowest BCUT2D eigenvalue weighted by Crippen LogP contribution is -2.17. The average Bonchev–Trinajstić information content (AvgIpc) is 3.13. The van der Waals surface area contributed by atoms with Crippen molar-refractivity contribution in [1.82, 2.24) is 19.7 Å². The molecule has 2 N–H and O–H groups in total. The SMILES string of the molecule is Cc1cc2[nH]c(=O)c3cnn([C@H]4CCN(C)C4)c3c2cc1C(=O)O. The molecule has 0 bridgehead atoms. The molecule has 1 atom stereocenters. The summed E-state index contributed by atoms with van der Waals surface area (Å²) in [6.45, 7) is 3.57. The predicted molar refractivity (Wildman–Crippen MR) is 90.7 cm³/mol. The Hall–Kier alpha value is -2.67. The lowest BCUT2D eigenvalue weighted by atomic mass is 10.0. The van der Waals surface area contributed by atoms with Gasteiger partial charge in [0.1, 0.15) is 0 Å². The molecule has 24 heavy (non-hydrogen) atoms. The summed E-state index contributed by atoms with van der Waals surface area (Å²) in [6, 6.07) is 3.55. The van der Waals surface area contributed by atoms with Crippen LogP contribution in [0, 0.1) is 6.92 Å². The molecule has 7 nitrogen and oxygen atoms in total. The number of fused-ring (bicyclic) bond motifs is 3. The highest BCUT2D eigenvalue weighted by Crippen LogP contribution is 2.29. The third-order valence-corrected chi connectivity index (χ3v) is 4.85. The molecule has 1 fully saturated rings. The number of nitrogens with one attached hydrogen (secondary N) is 1. The summed E-state index contributed by atoms with van der Waals surface area (Å²) >= 11 is 0. The molecule has 2 aromatic heterocycles. The van der Waals surface area contributed by atoms with Crippen LogP contribution in [0.5, 0.6) is 0 Å². The normalized spacial score (nSPS) is 18.7. The number of carboxylic acid groups (broad SMARTS) is 1. The first-order valence-corrected chi connectivity index (χ1v) is 7.91. The lowest BCUT2D eigenvalue weighted by molar-refractivity contribution is 0.0696. The Labute approximate surface area is 137 Å². The molecule has 4 rings (SSSR count). The van der Waals surface area contributed by atoms with Crippen LogP contribution < -0.4 is 5.56 Å². The van der Waals surface area contributed by atoms with Crippen molar-refractivity contribution in [3.63, 3.8) is 0 Å². The van der Waals surface area contributed by atoms with Crippen LogP contribution in [-0.2, 0) is 0 Å². The van der Waals surface area contributed by atoms with Crippen LogP contribution in [-0.4, -0.2) is 50.9 Å². The van der Waals surface area contributed by atoms with Crippen LogP contribution in [0.25, 0.3) is 21.8 Å². The number of nitrogens with zero attached hydrogens (tertiary/aromatic N) is 3. The van der Waals surface area contributed by atoms with Gasteiger partial charge in [-0.3, -0.25) is 9.48 Å². The van der Waals surface area contributed by atoms with Gasteiger partial charge < -0.3 is 15.0 Å². The molecule has 1 aliphatic rings. The Morgan fingerprint density at radius 2 is 2.17 bits per heavy atom. The van der Waals surface area contributed by atoms with Gasteiger partial charge in [0.25, 0.3) is 5.56 Å². The van der Waals surface area contributed by atoms with E-state index in [1.165, 1.54) is 0 Å². The maximum atomic E-state index is 12.4.